The fraction of sp³-hybridized carbons (Fsp3) is 0.273. The Morgan fingerprint density at radius 3 is 2.59 bits per heavy atom. The molecule has 2 heterocycles. The predicted octanol–water partition coefficient (Wildman–Crippen LogP) is 4.04. The van der Waals surface area contributed by atoms with Crippen LogP contribution in [-0.4, -0.2) is 14.8 Å². The number of rotatable bonds is 2. The minimum absolute atomic E-state index is 0.397. The van der Waals surface area contributed by atoms with Gasteiger partial charge in [-0.2, -0.15) is 5.10 Å². The van der Waals surface area contributed by atoms with Gasteiger partial charge in [-0.1, -0.05) is 11.6 Å². The van der Waals surface area contributed by atoms with E-state index in [1.54, 1.807) is 16.9 Å². The van der Waals surface area contributed by atoms with Gasteiger partial charge in [0, 0.05) is 12.1 Å². The standard InChI is InChI=1S/C11H10BrCl2N3/c1-6-10(12)7(2)17(16-6)11-9(14)3-8(4-13)5-15-11/h3,5H,4H2,1-2H3. The van der Waals surface area contributed by atoms with Crippen LogP contribution in [0.2, 0.25) is 5.02 Å². The zero-order chi connectivity index (χ0) is 12.6. The number of aryl methyl sites for hydroxylation is 1. The molecule has 0 radical (unpaired) electrons. The van der Waals surface area contributed by atoms with Gasteiger partial charge in [-0.3, -0.25) is 0 Å². The van der Waals surface area contributed by atoms with Crippen LogP contribution in [0.5, 0.6) is 0 Å². The Bertz CT molecular complexity index is 566. The summed E-state index contributed by atoms with van der Waals surface area (Å²) >= 11 is 15.4. The third-order valence-corrected chi connectivity index (χ3v) is 4.17. The van der Waals surface area contributed by atoms with Gasteiger partial charge in [-0.05, 0) is 41.4 Å². The molecule has 0 unspecified atom stereocenters. The quantitative estimate of drug-likeness (QED) is 0.776. The number of pyridine rings is 1. The van der Waals surface area contributed by atoms with Gasteiger partial charge in [0.1, 0.15) is 0 Å². The summed E-state index contributed by atoms with van der Waals surface area (Å²) in [5.41, 5.74) is 2.76. The van der Waals surface area contributed by atoms with Gasteiger partial charge >= 0.3 is 0 Å². The molecule has 0 spiro atoms. The second-order valence-electron chi connectivity index (χ2n) is 3.68. The number of nitrogens with zero attached hydrogens (tertiary/aromatic N) is 3. The van der Waals surface area contributed by atoms with Crippen LogP contribution in [0.15, 0.2) is 16.7 Å². The van der Waals surface area contributed by atoms with E-state index in [1.165, 1.54) is 0 Å². The fourth-order valence-corrected chi connectivity index (χ4v) is 2.19. The number of aromatic nitrogens is 3. The maximum atomic E-state index is 6.18. The van der Waals surface area contributed by atoms with Crippen LogP contribution in [0.4, 0.5) is 0 Å². The van der Waals surface area contributed by atoms with Crippen molar-refractivity contribution in [3.05, 3.63) is 38.7 Å². The van der Waals surface area contributed by atoms with Crippen molar-refractivity contribution in [2.75, 3.05) is 0 Å². The van der Waals surface area contributed by atoms with Crippen LogP contribution >= 0.6 is 39.1 Å². The van der Waals surface area contributed by atoms with E-state index < -0.39 is 0 Å². The third-order valence-electron chi connectivity index (χ3n) is 2.44. The van der Waals surface area contributed by atoms with Crippen LogP contribution in [-0.2, 0) is 5.88 Å². The molecule has 0 aliphatic heterocycles. The molecule has 2 aromatic rings. The summed E-state index contributed by atoms with van der Waals surface area (Å²) < 4.78 is 2.69. The highest BCUT2D eigenvalue weighted by atomic mass is 79.9. The summed E-state index contributed by atoms with van der Waals surface area (Å²) in [7, 11) is 0. The van der Waals surface area contributed by atoms with Gasteiger partial charge in [0.25, 0.3) is 0 Å². The van der Waals surface area contributed by atoms with E-state index in [0.717, 1.165) is 21.4 Å². The van der Waals surface area contributed by atoms with Crippen molar-refractivity contribution < 1.29 is 0 Å². The highest BCUT2D eigenvalue weighted by molar-refractivity contribution is 9.10. The van der Waals surface area contributed by atoms with Gasteiger partial charge in [-0.15, -0.1) is 11.6 Å². The van der Waals surface area contributed by atoms with Crippen LogP contribution < -0.4 is 0 Å². The molecule has 3 nitrogen and oxygen atoms in total. The molecule has 90 valence electrons. The Kier molecular flexibility index (Phi) is 3.76. The van der Waals surface area contributed by atoms with Crippen molar-refractivity contribution >= 4 is 39.1 Å². The molecule has 0 aliphatic rings. The molecule has 2 aromatic heterocycles. The molecule has 0 fully saturated rings. The first-order valence-corrected chi connectivity index (χ1v) is 6.67. The van der Waals surface area contributed by atoms with Crippen molar-refractivity contribution in [3.8, 4) is 5.82 Å². The van der Waals surface area contributed by atoms with Crippen molar-refractivity contribution in [2.24, 2.45) is 0 Å². The second-order valence-corrected chi connectivity index (χ2v) is 5.15. The molecule has 0 N–H and O–H groups in total. The van der Waals surface area contributed by atoms with Crippen molar-refractivity contribution in [1.29, 1.82) is 0 Å². The van der Waals surface area contributed by atoms with Gasteiger partial charge in [-0.25, -0.2) is 9.67 Å². The topological polar surface area (TPSA) is 30.7 Å². The summed E-state index contributed by atoms with van der Waals surface area (Å²) in [6, 6.07) is 1.81. The lowest BCUT2D eigenvalue weighted by atomic mass is 10.3. The first-order chi connectivity index (χ1) is 8.04. The fourth-order valence-electron chi connectivity index (χ4n) is 1.53. The maximum Gasteiger partial charge on any atom is 0.172 e. The third kappa shape index (κ3) is 2.34. The van der Waals surface area contributed by atoms with Crippen LogP contribution in [0, 0.1) is 13.8 Å². The highest BCUT2D eigenvalue weighted by Gasteiger charge is 2.14. The van der Waals surface area contributed by atoms with E-state index in [0.29, 0.717) is 16.7 Å². The first-order valence-electron chi connectivity index (χ1n) is 4.97. The molecule has 0 bridgehead atoms. The summed E-state index contributed by atoms with van der Waals surface area (Å²) in [6.45, 7) is 3.88. The molecule has 0 aliphatic carbocycles. The van der Waals surface area contributed by atoms with Gasteiger partial charge in [0.2, 0.25) is 0 Å². The monoisotopic (exact) mass is 333 g/mol. The van der Waals surface area contributed by atoms with Gasteiger partial charge in [0.15, 0.2) is 5.82 Å². The lowest BCUT2D eigenvalue weighted by molar-refractivity contribution is 0.805. The molecule has 0 atom stereocenters. The summed E-state index contributed by atoms with van der Waals surface area (Å²) in [5.74, 6) is 1.01. The molecule has 0 saturated heterocycles. The zero-order valence-electron chi connectivity index (χ0n) is 9.34. The average Bonchev–Trinajstić information content (AvgIpc) is 2.57. The van der Waals surface area contributed by atoms with Crippen LogP contribution in [0.25, 0.3) is 5.82 Å². The van der Waals surface area contributed by atoms with E-state index in [9.17, 15) is 0 Å². The molecular formula is C11H10BrCl2N3. The Morgan fingerprint density at radius 1 is 1.41 bits per heavy atom. The Morgan fingerprint density at radius 2 is 2.12 bits per heavy atom. The van der Waals surface area contributed by atoms with Crippen molar-refractivity contribution in [3.63, 3.8) is 0 Å². The van der Waals surface area contributed by atoms with E-state index >= 15 is 0 Å². The van der Waals surface area contributed by atoms with Crippen molar-refractivity contribution in [1.82, 2.24) is 14.8 Å². The normalized spacial score (nSPS) is 10.9. The summed E-state index contributed by atoms with van der Waals surface area (Å²) in [5, 5.41) is 4.93. The number of halogens is 3. The molecule has 2 rings (SSSR count). The molecule has 17 heavy (non-hydrogen) atoms. The van der Waals surface area contributed by atoms with E-state index in [1.807, 2.05) is 13.8 Å². The molecule has 0 aromatic carbocycles. The second kappa shape index (κ2) is 4.96. The van der Waals surface area contributed by atoms with Crippen molar-refractivity contribution in [2.45, 2.75) is 19.7 Å². The summed E-state index contributed by atoms with van der Waals surface area (Å²) in [4.78, 5) is 4.30. The molecule has 6 heteroatoms. The highest BCUT2D eigenvalue weighted by Crippen LogP contribution is 2.26. The molecule has 0 saturated carbocycles. The Hall–Kier alpha value is -0.580. The largest absolute Gasteiger partial charge is 0.235 e. The lowest BCUT2D eigenvalue weighted by Gasteiger charge is -2.06. The SMILES string of the molecule is Cc1nn(-c2ncc(CCl)cc2Cl)c(C)c1Br. The maximum absolute atomic E-state index is 6.18. The number of hydrogen-bond donors (Lipinski definition) is 0. The molecular weight excluding hydrogens is 325 g/mol. The number of hydrogen-bond acceptors (Lipinski definition) is 2. The van der Waals surface area contributed by atoms with E-state index in [-0.39, 0.29) is 0 Å². The van der Waals surface area contributed by atoms with Crippen LogP contribution in [0.3, 0.4) is 0 Å². The van der Waals surface area contributed by atoms with E-state index in [4.69, 9.17) is 23.2 Å². The molecule has 0 amide bonds. The Balaban J connectivity index is 2.57. The minimum Gasteiger partial charge on any atom is -0.235 e. The predicted molar refractivity (Wildman–Crippen MR) is 73.1 cm³/mol. The van der Waals surface area contributed by atoms with Gasteiger partial charge in [0.05, 0.1) is 20.9 Å². The van der Waals surface area contributed by atoms with Crippen LogP contribution in [0.1, 0.15) is 17.0 Å². The zero-order valence-corrected chi connectivity index (χ0v) is 12.4. The lowest BCUT2D eigenvalue weighted by Crippen LogP contribution is -2.03. The van der Waals surface area contributed by atoms with Gasteiger partial charge < -0.3 is 0 Å². The first kappa shape index (κ1) is 12.9. The summed E-state index contributed by atoms with van der Waals surface area (Å²) in [6.07, 6.45) is 1.71. The average molecular weight is 335 g/mol. The Labute approximate surface area is 118 Å². The minimum atomic E-state index is 0.397. The smallest absolute Gasteiger partial charge is 0.172 e. The van der Waals surface area contributed by atoms with E-state index in [2.05, 4.69) is 26.0 Å². The number of alkyl halides is 1.